The number of nitro groups is 1. The molecular weight excluding hydrogens is 560 g/mol. The summed E-state index contributed by atoms with van der Waals surface area (Å²) in [7, 11) is 1.52. The highest BCUT2D eigenvalue weighted by Gasteiger charge is 2.29. The third-order valence-electron chi connectivity index (χ3n) is 6.97. The average Bonchev–Trinajstić information content (AvgIpc) is 3.53. The molecule has 226 valence electrons. The molecule has 0 bridgehead atoms. The number of nitrogens with zero attached hydrogens (tertiary/aromatic N) is 7. The van der Waals surface area contributed by atoms with Crippen molar-refractivity contribution in [2.75, 3.05) is 18.0 Å². The number of non-ortho nitro benzene ring substituents is 1. The topological polar surface area (TPSA) is 173 Å². The smallest absolute Gasteiger partial charge is 0.407 e. The van der Waals surface area contributed by atoms with Crippen molar-refractivity contribution in [1.82, 2.24) is 29.0 Å². The molecular formula is C28H32N8O7. The van der Waals surface area contributed by atoms with Crippen LogP contribution in [0.15, 0.2) is 32.2 Å². The number of amides is 1. The Morgan fingerprint density at radius 1 is 1.26 bits per heavy atom. The molecule has 15 nitrogen and oxygen atoms in total. The molecule has 3 aromatic heterocycles. The molecule has 1 aliphatic heterocycles. The maximum atomic E-state index is 13.9. The number of aryl methyl sites for hydroxylation is 1. The lowest BCUT2D eigenvalue weighted by molar-refractivity contribution is -0.384. The third-order valence-corrected chi connectivity index (χ3v) is 6.97. The second-order valence-corrected chi connectivity index (χ2v) is 11.3. The number of ether oxygens (including phenoxy) is 1. The Hall–Kier alpha value is -5.13. The second-order valence-electron chi connectivity index (χ2n) is 11.3. The van der Waals surface area contributed by atoms with Crippen LogP contribution in [0.3, 0.4) is 0 Å². The standard InChI is InChI=1S/C28H32N8O7/c1-6-7-13-34-22-23(31-25(34)33-12-8-9-17(15-33)29-26(38)43-28(2,3)4)32(5)27(39)35(24(22)37)16-21-30-19-14-18(36(40)41)10-11-20(19)42-21/h10-11,14,17H,8-9,12-13,15-16H2,1-5H3,(H,29,38). The molecule has 5 rings (SSSR count). The number of oxazole rings is 1. The normalized spacial score (nSPS) is 15.4. The van der Waals surface area contributed by atoms with E-state index >= 15 is 0 Å². The lowest BCUT2D eigenvalue weighted by Gasteiger charge is -2.34. The van der Waals surface area contributed by atoms with Crippen LogP contribution in [0.25, 0.3) is 22.3 Å². The second kappa shape index (κ2) is 11.3. The Bertz CT molecular complexity index is 1910. The molecule has 0 saturated carbocycles. The highest BCUT2D eigenvalue weighted by Crippen LogP contribution is 2.24. The monoisotopic (exact) mass is 592 g/mol. The number of carbonyl (C=O) groups is 1. The largest absolute Gasteiger partial charge is 0.444 e. The highest BCUT2D eigenvalue weighted by atomic mass is 16.6. The molecule has 1 N–H and O–H groups in total. The van der Waals surface area contributed by atoms with Gasteiger partial charge in [-0.3, -0.25) is 24.0 Å². The Balaban J connectivity index is 1.53. The van der Waals surface area contributed by atoms with E-state index in [-0.39, 0.29) is 53.0 Å². The van der Waals surface area contributed by atoms with Gasteiger partial charge in [0.05, 0.1) is 11.5 Å². The molecule has 1 unspecified atom stereocenters. The van der Waals surface area contributed by atoms with Gasteiger partial charge in [0.25, 0.3) is 11.2 Å². The Labute approximate surface area is 245 Å². The molecule has 0 aliphatic carbocycles. The van der Waals surface area contributed by atoms with E-state index in [1.54, 1.807) is 32.3 Å². The Morgan fingerprint density at radius 2 is 2.02 bits per heavy atom. The summed E-state index contributed by atoms with van der Waals surface area (Å²) >= 11 is 0. The first-order chi connectivity index (χ1) is 20.4. The first kappa shape index (κ1) is 29.4. The number of piperidine rings is 1. The van der Waals surface area contributed by atoms with Crippen LogP contribution in [0.1, 0.15) is 46.4 Å². The molecule has 4 aromatic rings. The number of nitro benzene ring substituents is 1. The number of rotatable bonds is 6. The van der Waals surface area contributed by atoms with Crippen LogP contribution < -0.4 is 21.5 Å². The van der Waals surface area contributed by atoms with Crippen molar-refractivity contribution in [1.29, 1.82) is 0 Å². The van der Waals surface area contributed by atoms with Gasteiger partial charge in [0, 0.05) is 38.3 Å². The zero-order valence-electron chi connectivity index (χ0n) is 24.5. The number of fused-ring (bicyclic) bond motifs is 2. The number of benzene rings is 1. The molecule has 1 fully saturated rings. The number of alkyl carbamates (subject to hydrolysis) is 1. The molecule has 0 spiro atoms. The lowest BCUT2D eigenvalue weighted by atomic mass is 10.1. The first-order valence-electron chi connectivity index (χ1n) is 13.7. The van der Waals surface area contributed by atoms with Gasteiger partial charge in [0.2, 0.25) is 11.8 Å². The van der Waals surface area contributed by atoms with Gasteiger partial charge in [0.15, 0.2) is 16.7 Å². The number of imidazole rings is 1. The van der Waals surface area contributed by atoms with E-state index in [0.717, 1.165) is 17.4 Å². The highest BCUT2D eigenvalue weighted by molar-refractivity contribution is 5.76. The summed E-state index contributed by atoms with van der Waals surface area (Å²) < 4.78 is 15.1. The predicted octanol–water partition coefficient (Wildman–Crippen LogP) is 2.51. The van der Waals surface area contributed by atoms with E-state index in [0.29, 0.717) is 19.0 Å². The summed E-state index contributed by atoms with van der Waals surface area (Å²) in [6.45, 7) is 7.95. The minimum absolute atomic E-state index is 0.0424. The molecule has 15 heteroatoms. The minimum atomic E-state index is -0.633. The zero-order chi connectivity index (χ0) is 31.1. The molecule has 43 heavy (non-hydrogen) atoms. The van der Waals surface area contributed by atoms with Crippen molar-refractivity contribution in [3.8, 4) is 11.8 Å². The van der Waals surface area contributed by atoms with Gasteiger partial charge < -0.3 is 19.4 Å². The Morgan fingerprint density at radius 3 is 2.72 bits per heavy atom. The van der Waals surface area contributed by atoms with E-state index < -0.39 is 27.9 Å². The van der Waals surface area contributed by atoms with Crippen LogP contribution in [-0.2, 0) is 24.9 Å². The van der Waals surface area contributed by atoms with Crippen LogP contribution in [0.2, 0.25) is 0 Å². The van der Waals surface area contributed by atoms with Crippen molar-refractivity contribution in [3.05, 3.63) is 55.0 Å². The van der Waals surface area contributed by atoms with Crippen LogP contribution in [-0.4, -0.2) is 59.4 Å². The molecule has 1 amide bonds. The summed E-state index contributed by atoms with van der Waals surface area (Å²) in [5, 5.41) is 14.1. The van der Waals surface area contributed by atoms with Gasteiger partial charge >= 0.3 is 11.8 Å². The molecule has 1 saturated heterocycles. The Kier molecular flexibility index (Phi) is 7.70. The van der Waals surface area contributed by atoms with Crippen molar-refractivity contribution < 1.29 is 18.9 Å². The summed E-state index contributed by atoms with van der Waals surface area (Å²) in [6, 6.07) is 3.75. The van der Waals surface area contributed by atoms with E-state index in [9.17, 15) is 24.5 Å². The number of anilines is 1. The third kappa shape index (κ3) is 5.94. The number of aromatic nitrogens is 5. The maximum Gasteiger partial charge on any atom is 0.407 e. The summed E-state index contributed by atoms with van der Waals surface area (Å²) in [5.41, 5.74) is -1.14. The lowest BCUT2D eigenvalue weighted by Crippen LogP contribution is -2.49. The first-order valence-corrected chi connectivity index (χ1v) is 13.7. The number of carbonyl (C=O) groups excluding carboxylic acids is 1. The fourth-order valence-electron chi connectivity index (χ4n) is 5.08. The zero-order valence-corrected chi connectivity index (χ0v) is 24.5. The number of hydrogen-bond donors (Lipinski definition) is 1. The average molecular weight is 593 g/mol. The summed E-state index contributed by atoms with van der Waals surface area (Å²) in [6.07, 6.45) is 0.982. The van der Waals surface area contributed by atoms with Crippen molar-refractivity contribution in [3.63, 3.8) is 0 Å². The van der Waals surface area contributed by atoms with E-state index in [1.165, 1.54) is 29.8 Å². The number of nitrogens with one attached hydrogen (secondary N) is 1. The van der Waals surface area contributed by atoms with E-state index in [1.807, 2.05) is 4.90 Å². The molecule has 1 aliphatic rings. The van der Waals surface area contributed by atoms with E-state index in [2.05, 4.69) is 22.1 Å². The van der Waals surface area contributed by atoms with Gasteiger partial charge in [-0.1, -0.05) is 5.92 Å². The number of hydrogen-bond acceptors (Lipinski definition) is 10. The minimum Gasteiger partial charge on any atom is -0.444 e. The van der Waals surface area contributed by atoms with Crippen molar-refractivity contribution >= 4 is 40.0 Å². The van der Waals surface area contributed by atoms with Crippen LogP contribution in [0.4, 0.5) is 16.4 Å². The molecule has 4 heterocycles. The van der Waals surface area contributed by atoms with Crippen molar-refractivity contribution in [2.45, 2.75) is 65.3 Å². The maximum absolute atomic E-state index is 13.9. The summed E-state index contributed by atoms with van der Waals surface area (Å²) in [5.74, 6) is 6.33. The van der Waals surface area contributed by atoms with Gasteiger partial charge in [0.1, 0.15) is 17.7 Å². The SMILES string of the molecule is CC#CCn1c(N2CCCC(NC(=O)OC(C)(C)C)C2)nc2c1c(=O)n(Cc1nc3cc([N+](=O)[O-])ccc3o1)c(=O)n2C. The quantitative estimate of drug-likeness (QED) is 0.199. The van der Waals surface area contributed by atoms with Gasteiger partial charge in [-0.05, 0) is 46.6 Å². The summed E-state index contributed by atoms with van der Waals surface area (Å²) in [4.78, 5) is 61.2. The predicted molar refractivity (Wildman–Crippen MR) is 157 cm³/mol. The molecule has 1 atom stereocenters. The van der Waals surface area contributed by atoms with Gasteiger partial charge in [-0.15, -0.1) is 5.92 Å². The van der Waals surface area contributed by atoms with Crippen LogP contribution in [0, 0.1) is 22.0 Å². The fourth-order valence-corrected chi connectivity index (χ4v) is 5.08. The molecule has 1 aromatic carbocycles. The fraction of sp³-hybridized carbons (Fsp3) is 0.464. The van der Waals surface area contributed by atoms with Crippen molar-refractivity contribution in [2.24, 2.45) is 7.05 Å². The van der Waals surface area contributed by atoms with Gasteiger partial charge in [-0.2, -0.15) is 4.98 Å². The van der Waals surface area contributed by atoms with Gasteiger partial charge in [-0.25, -0.2) is 19.1 Å². The van der Waals surface area contributed by atoms with Crippen LogP contribution >= 0.6 is 0 Å². The van der Waals surface area contributed by atoms with Crippen LogP contribution in [0.5, 0.6) is 0 Å². The molecule has 0 radical (unpaired) electrons. The van der Waals surface area contributed by atoms with E-state index in [4.69, 9.17) is 14.1 Å².